The molecule has 0 radical (unpaired) electrons. The number of nitrogens with zero attached hydrogens (tertiary/aromatic N) is 1. The molecule has 3 amide bonds. The molecule has 0 aliphatic carbocycles. The smallest absolute Gasteiger partial charge is 0.262 e. The fourth-order valence-corrected chi connectivity index (χ4v) is 2.50. The highest BCUT2D eigenvalue weighted by Gasteiger charge is 2.36. The minimum atomic E-state index is -0.562. The van der Waals surface area contributed by atoms with Crippen molar-refractivity contribution in [3.63, 3.8) is 0 Å². The van der Waals surface area contributed by atoms with Gasteiger partial charge in [-0.1, -0.05) is 12.1 Å². The Morgan fingerprint density at radius 1 is 1.21 bits per heavy atom. The topological polar surface area (TPSA) is 99.8 Å². The van der Waals surface area contributed by atoms with E-state index in [1.807, 2.05) is 6.92 Å². The Kier molecular flexibility index (Phi) is 5.83. The fourth-order valence-electron chi connectivity index (χ4n) is 2.24. The van der Waals surface area contributed by atoms with Crippen molar-refractivity contribution in [3.05, 3.63) is 35.4 Å². The average molecular weight is 350 g/mol. The second-order valence-electron chi connectivity index (χ2n) is 5.25. The number of methoxy groups -OCH3 is 1. The van der Waals surface area contributed by atoms with Crippen LogP contribution in [0, 0.1) is 0 Å². The van der Waals surface area contributed by atoms with Gasteiger partial charge in [0.25, 0.3) is 17.7 Å². The molecule has 3 N–H and O–H groups in total. The molecule has 128 valence electrons. The van der Waals surface area contributed by atoms with Crippen molar-refractivity contribution in [2.75, 3.05) is 20.3 Å². The lowest BCUT2D eigenvalue weighted by Gasteiger charge is -2.18. The van der Waals surface area contributed by atoms with Crippen LogP contribution in [0.5, 0.6) is 0 Å². The van der Waals surface area contributed by atoms with E-state index < -0.39 is 24.3 Å². The number of amides is 3. The first kappa shape index (κ1) is 17.8. The van der Waals surface area contributed by atoms with E-state index in [1.54, 1.807) is 31.4 Å². The molecule has 0 aromatic heterocycles. The van der Waals surface area contributed by atoms with Gasteiger partial charge in [0.05, 0.1) is 17.7 Å². The molecule has 1 aliphatic heterocycles. The van der Waals surface area contributed by atoms with E-state index in [0.29, 0.717) is 17.7 Å². The number of fused-ring (bicyclic) bond motifs is 1. The van der Waals surface area contributed by atoms with E-state index in [0.717, 1.165) is 4.90 Å². The number of hydrogen-bond donors (Lipinski definition) is 3. The number of imide groups is 1. The van der Waals surface area contributed by atoms with Crippen molar-refractivity contribution in [3.8, 4) is 0 Å². The highest BCUT2D eigenvalue weighted by atomic mass is 32.1. The lowest BCUT2D eigenvalue weighted by atomic mass is 10.1. The Bertz CT molecular complexity index is 644. The van der Waals surface area contributed by atoms with Crippen LogP contribution >= 0.6 is 12.2 Å². The Balaban J connectivity index is 1.85. The molecule has 0 unspecified atom stereocenters. The van der Waals surface area contributed by atoms with E-state index in [4.69, 9.17) is 17.0 Å². The third-order valence-electron chi connectivity index (χ3n) is 3.29. The van der Waals surface area contributed by atoms with Gasteiger partial charge in [-0.3, -0.25) is 30.1 Å². The summed E-state index contributed by atoms with van der Waals surface area (Å²) in [5.74, 6) is -1.53. The molecule has 0 saturated heterocycles. The summed E-state index contributed by atoms with van der Waals surface area (Å²) in [7, 11) is 1.57. The molecule has 8 nitrogen and oxygen atoms in total. The van der Waals surface area contributed by atoms with Gasteiger partial charge >= 0.3 is 0 Å². The Morgan fingerprint density at radius 3 is 2.33 bits per heavy atom. The first-order valence-electron chi connectivity index (χ1n) is 7.23. The lowest BCUT2D eigenvalue weighted by molar-refractivity contribution is -0.122. The minimum absolute atomic E-state index is 0.0388. The van der Waals surface area contributed by atoms with Crippen LogP contribution in [0.4, 0.5) is 0 Å². The summed E-state index contributed by atoms with van der Waals surface area (Å²) in [6.07, 6.45) is 0. The van der Waals surface area contributed by atoms with Gasteiger partial charge in [0, 0.05) is 13.2 Å². The van der Waals surface area contributed by atoms with Gasteiger partial charge < -0.3 is 10.1 Å². The first-order chi connectivity index (χ1) is 11.4. The molecule has 1 heterocycles. The molecule has 0 saturated carbocycles. The number of nitrogens with one attached hydrogen (secondary N) is 3. The third kappa shape index (κ3) is 4.06. The highest BCUT2D eigenvalue weighted by molar-refractivity contribution is 7.80. The lowest BCUT2D eigenvalue weighted by Crippen LogP contribution is -2.52. The van der Waals surface area contributed by atoms with Gasteiger partial charge in [0.1, 0.15) is 6.54 Å². The van der Waals surface area contributed by atoms with E-state index in [1.165, 1.54) is 0 Å². The molecule has 1 aromatic rings. The number of carbonyl (C=O) groups excluding carboxylic acids is 3. The second-order valence-corrected chi connectivity index (χ2v) is 5.65. The van der Waals surface area contributed by atoms with Crippen LogP contribution < -0.4 is 16.2 Å². The van der Waals surface area contributed by atoms with Crippen LogP contribution in [-0.4, -0.2) is 54.0 Å². The van der Waals surface area contributed by atoms with Crippen molar-refractivity contribution in [2.45, 2.75) is 13.0 Å². The summed E-state index contributed by atoms with van der Waals surface area (Å²) in [4.78, 5) is 37.1. The molecular formula is C15H18N4O4S. The summed E-state index contributed by atoms with van der Waals surface area (Å²) in [6.45, 7) is 1.92. The van der Waals surface area contributed by atoms with Crippen molar-refractivity contribution < 1.29 is 19.1 Å². The maximum Gasteiger partial charge on any atom is 0.262 e. The Hall–Kier alpha value is -2.52. The summed E-state index contributed by atoms with van der Waals surface area (Å²) < 4.78 is 4.95. The summed E-state index contributed by atoms with van der Waals surface area (Å²) in [5, 5.41) is 3.10. The second kappa shape index (κ2) is 7.84. The molecule has 0 fully saturated rings. The largest absolute Gasteiger partial charge is 0.383 e. The first-order valence-corrected chi connectivity index (χ1v) is 7.64. The van der Waals surface area contributed by atoms with E-state index in [2.05, 4.69) is 16.2 Å². The third-order valence-corrected chi connectivity index (χ3v) is 3.51. The van der Waals surface area contributed by atoms with Gasteiger partial charge in [0.2, 0.25) is 0 Å². The van der Waals surface area contributed by atoms with E-state index in [-0.39, 0.29) is 11.2 Å². The maximum absolute atomic E-state index is 12.2. The summed E-state index contributed by atoms with van der Waals surface area (Å²) in [5.41, 5.74) is 5.46. The van der Waals surface area contributed by atoms with Gasteiger partial charge in [-0.2, -0.15) is 0 Å². The molecular weight excluding hydrogens is 332 g/mol. The van der Waals surface area contributed by atoms with Gasteiger partial charge in [-0.15, -0.1) is 0 Å². The maximum atomic E-state index is 12.2. The fraction of sp³-hybridized carbons (Fsp3) is 0.333. The predicted molar refractivity (Wildman–Crippen MR) is 90.2 cm³/mol. The van der Waals surface area contributed by atoms with Crippen molar-refractivity contribution in [1.82, 2.24) is 21.1 Å². The molecule has 1 atom stereocenters. The molecule has 1 aliphatic rings. The molecule has 1 aromatic carbocycles. The Labute approximate surface area is 144 Å². The van der Waals surface area contributed by atoms with Crippen molar-refractivity contribution in [2.24, 2.45) is 0 Å². The highest BCUT2D eigenvalue weighted by Crippen LogP contribution is 2.21. The van der Waals surface area contributed by atoms with Crippen LogP contribution in [0.3, 0.4) is 0 Å². The molecule has 9 heteroatoms. The van der Waals surface area contributed by atoms with Crippen LogP contribution in [0.2, 0.25) is 0 Å². The SMILES string of the molecule is COC[C@H](C)NC(=S)NNC(=O)CN1C(=O)c2ccccc2C1=O. The average Bonchev–Trinajstić information content (AvgIpc) is 2.79. The van der Waals surface area contributed by atoms with Gasteiger partial charge in [-0.25, -0.2) is 0 Å². The normalized spacial score (nSPS) is 14.2. The predicted octanol–water partition coefficient (Wildman–Crippen LogP) is -0.187. The summed E-state index contributed by atoms with van der Waals surface area (Å²) >= 11 is 5.01. The number of hydrazine groups is 1. The molecule has 0 bridgehead atoms. The molecule has 24 heavy (non-hydrogen) atoms. The zero-order chi connectivity index (χ0) is 17.7. The van der Waals surface area contributed by atoms with Crippen LogP contribution in [0.15, 0.2) is 24.3 Å². The van der Waals surface area contributed by atoms with Crippen molar-refractivity contribution in [1.29, 1.82) is 0 Å². The number of rotatable bonds is 5. The monoisotopic (exact) mass is 350 g/mol. The van der Waals surface area contributed by atoms with Crippen LogP contribution in [0.1, 0.15) is 27.6 Å². The molecule has 0 spiro atoms. The van der Waals surface area contributed by atoms with E-state index in [9.17, 15) is 14.4 Å². The zero-order valence-corrected chi connectivity index (χ0v) is 14.1. The molecule has 2 rings (SSSR count). The summed E-state index contributed by atoms with van der Waals surface area (Å²) in [6, 6.07) is 6.41. The van der Waals surface area contributed by atoms with Gasteiger partial charge in [0.15, 0.2) is 5.11 Å². The standard InChI is InChI=1S/C15H18N4O4S/c1-9(8-23-2)16-15(24)18-17-12(20)7-19-13(21)10-5-3-4-6-11(10)14(19)22/h3-6,9H,7-8H2,1-2H3,(H,17,20)(H2,16,18,24)/t9-/m0/s1. The minimum Gasteiger partial charge on any atom is -0.383 e. The van der Waals surface area contributed by atoms with Crippen molar-refractivity contribution >= 4 is 35.1 Å². The van der Waals surface area contributed by atoms with Gasteiger partial charge in [-0.05, 0) is 31.3 Å². The number of carbonyl (C=O) groups is 3. The van der Waals surface area contributed by atoms with Crippen LogP contribution in [-0.2, 0) is 9.53 Å². The number of ether oxygens (including phenoxy) is 1. The number of hydrogen-bond acceptors (Lipinski definition) is 5. The Morgan fingerprint density at radius 2 is 1.79 bits per heavy atom. The quantitative estimate of drug-likeness (QED) is 0.385. The number of thiocarbonyl (C=S) groups is 1. The van der Waals surface area contributed by atoms with E-state index >= 15 is 0 Å². The van der Waals surface area contributed by atoms with Crippen LogP contribution in [0.25, 0.3) is 0 Å². The zero-order valence-electron chi connectivity index (χ0n) is 13.3. The number of benzene rings is 1.